The van der Waals surface area contributed by atoms with Gasteiger partial charge in [0, 0.05) is 44.2 Å². The molecule has 0 aromatic carbocycles. The van der Waals surface area contributed by atoms with Gasteiger partial charge in [0.2, 0.25) is 5.91 Å². The van der Waals surface area contributed by atoms with Crippen molar-refractivity contribution in [3.05, 3.63) is 18.0 Å². The van der Waals surface area contributed by atoms with Crippen LogP contribution in [0.5, 0.6) is 0 Å². The molecule has 116 valence electrons. The first-order valence-corrected chi connectivity index (χ1v) is 7.30. The number of hydrogen-bond acceptors (Lipinski definition) is 3. The van der Waals surface area contributed by atoms with Gasteiger partial charge in [-0.15, -0.1) is 0 Å². The third kappa shape index (κ3) is 2.79. The molecule has 2 heterocycles. The van der Waals surface area contributed by atoms with E-state index in [-0.39, 0.29) is 18.7 Å². The summed E-state index contributed by atoms with van der Waals surface area (Å²) in [4.78, 5) is 14.6. The summed E-state index contributed by atoms with van der Waals surface area (Å²) in [5.74, 6) is -2.84. The summed E-state index contributed by atoms with van der Waals surface area (Å²) in [5.41, 5.74) is 0.981. The lowest BCUT2D eigenvalue weighted by Crippen LogP contribution is -2.54. The predicted molar refractivity (Wildman–Crippen MR) is 72.9 cm³/mol. The van der Waals surface area contributed by atoms with Gasteiger partial charge in [0.1, 0.15) is 6.04 Å². The lowest BCUT2D eigenvalue weighted by molar-refractivity contribution is -0.133. The van der Waals surface area contributed by atoms with Crippen LogP contribution in [0.4, 0.5) is 8.78 Å². The largest absolute Gasteiger partial charge is 0.351 e. The number of hydrogen-bond donors (Lipinski definition) is 1. The summed E-state index contributed by atoms with van der Waals surface area (Å²) < 4.78 is 27.4. The second-order valence-corrected chi connectivity index (χ2v) is 6.28. The fourth-order valence-corrected chi connectivity index (χ4v) is 2.97. The number of aromatic nitrogens is 2. The summed E-state index contributed by atoms with van der Waals surface area (Å²) in [7, 11) is 0. The smallest absolute Gasteiger partial charge is 0.252 e. The highest BCUT2D eigenvalue weighted by Gasteiger charge is 2.46. The maximum Gasteiger partial charge on any atom is 0.252 e. The van der Waals surface area contributed by atoms with Gasteiger partial charge in [0.15, 0.2) is 0 Å². The average Bonchev–Trinajstić information content (AvgIpc) is 2.82. The van der Waals surface area contributed by atoms with Crippen LogP contribution in [-0.4, -0.2) is 45.1 Å². The van der Waals surface area contributed by atoms with E-state index in [0.717, 1.165) is 12.2 Å². The molecule has 21 heavy (non-hydrogen) atoms. The molecule has 0 radical (unpaired) electrons. The second kappa shape index (κ2) is 5.05. The number of nitrogens with one attached hydrogen (secondary N) is 1. The lowest BCUT2D eigenvalue weighted by atomic mass is 9.88. The fraction of sp³-hybridized carbons (Fsp3) is 0.714. The van der Waals surface area contributed by atoms with Gasteiger partial charge in [0.25, 0.3) is 5.92 Å². The van der Waals surface area contributed by atoms with Crippen molar-refractivity contribution in [1.29, 1.82) is 0 Å². The van der Waals surface area contributed by atoms with Crippen molar-refractivity contribution in [3.63, 3.8) is 0 Å². The Kier molecular flexibility index (Phi) is 3.47. The molecule has 1 amide bonds. The number of amides is 1. The molecule has 5 nitrogen and oxygen atoms in total. The van der Waals surface area contributed by atoms with Crippen LogP contribution < -0.4 is 5.32 Å². The normalized spacial score (nSPS) is 25.5. The van der Waals surface area contributed by atoms with Crippen molar-refractivity contribution in [2.24, 2.45) is 0 Å². The monoisotopic (exact) mass is 298 g/mol. The fourth-order valence-electron chi connectivity index (χ4n) is 2.97. The minimum Gasteiger partial charge on any atom is -0.351 e. The third-order valence-corrected chi connectivity index (χ3v) is 4.29. The van der Waals surface area contributed by atoms with E-state index in [1.165, 1.54) is 0 Å². The topological polar surface area (TPSA) is 50.2 Å². The number of halogens is 2. The van der Waals surface area contributed by atoms with E-state index < -0.39 is 18.0 Å². The number of carbonyl (C=O) groups is 1. The minimum atomic E-state index is -2.62. The molecule has 0 saturated heterocycles. The van der Waals surface area contributed by atoms with E-state index in [4.69, 9.17) is 0 Å². The first kappa shape index (κ1) is 14.4. The highest BCUT2D eigenvalue weighted by molar-refractivity contribution is 5.81. The molecule has 1 saturated carbocycles. The zero-order chi connectivity index (χ0) is 15.2. The Balaban J connectivity index is 1.70. The van der Waals surface area contributed by atoms with Gasteiger partial charge in [-0.25, -0.2) is 8.78 Å². The molecule has 1 fully saturated rings. The van der Waals surface area contributed by atoms with Crippen LogP contribution in [0.1, 0.15) is 38.4 Å². The van der Waals surface area contributed by atoms with Crippen molar-refractivity contribution in [2.45, 2.75) is 57.3 Å². The molecule has 1 atom stereocenters. The molecular formula is C14H20F2N4O. The number of fused-ring (bicyclic) bond motifs is 1. The van der Waals surface area contributed by atoms with Crippen LogP contribution in [0.2, 0.25) is 0 Å². The summed E-state index contributed by atoms with van der Waals surface area (Å²) in [6, 6.07) is 1.35. The van der Waals surface area contributed by atoms with Gasteiger partial charge in [0.05, 0.1) is 5.69 Å². The zero-order valence-electron chi connectivity index (χ0n) is 12.2. The second-order valence-electron chi connectivity index (χ2n) is 6.28. The molecule has 1 aromatic rings. The Morgan fingerprint density at radius 3 is 2.81 bits per heavy atom. The van der Waals surface area contributed by atoms with E-state index in [0.29, 0.717) is 12.6 Å². The summed E-state index contributed by atoms with van der Waals surface area (Å²) in [6.07, 6.45) is 1.16. The Bertz CT molecular complexity index is 535. The van der Waals surface area contributed by atoms with Crippen LogP contribution in [0.3, 0.4) is 0 Å². The van der Waals surface area contributed by atoms with E-state index in [1.807, 2.05) is 6.07 Å². The zero-order valence-corrected chi connectivity index (χ0v) is 12.2. The Labute approximate surface area is 122 Å². The Morgan fingerprint density at radius 2 is 2.19 bits per heavy atom. The van der Waals surface area contributed by atoms with Crippen molar-refractivity contribution < 1.29 is 13.6 Å². The van der Waals surface area contributed by atoms with Crippen LogP contribution >= 0.6 is 0 Å². The molecule has 2 aliphatic rings. The van der Waals surface area contributed by atoms with Crippen LogP contribution in [0.15, 0.2) is 12.3 Å². The van der Waals surface area contributed by atoms with Crippen molar-refractivity contribution >= 4 is 5.91 Å². The molecular weight excluding hydrogens is 278 g/mol. The quantitative estimate of drug-likeness (QED) is 0.921. The molecule has 0 unspecified atom stereocenters. The van der Waals surface area contributed by atoms with Gasteiger partial charge in [-0.05, 0) is 19.9 Å². The number of nitrogens with zero attached hydrogens (tertiary/aromatic N) is 3. The molecule has 1 aromatic heterocycles. The van der Waals surface area contributed by atoms with Gasteiger partial charge in [-0.3, -0.25) is 14.4 Å². The van der Waals surface area contributed by atoms with Crippen molar-refractivity contribution in [1.82, 2.24) is 20.0 Å². The minimum absolute atomic E-state index is 0.217. The van der Waals surface area contributed by atoms with E-state index in [2.05, 4.69) is 29.2 Å². The first-order chi connectivity index (χ1) is 9.85. The standard InChI is InChI=1S/C14H20F2N4O/c1-9(2)19-7-11-3-4-17-20(11)12(8-19)13(21)18-10-5-14(15,16)6-10/h3-4,9-10,12H,5-8H2,1-2H3,(H,18,21)/t12-/m0/s1. The Morgan fingerprint density at radius 1 is 1.48 bits per heavy atom. The molecule has 3 rings (SSSR count). The SMILES string of the molecule is CC(C)N1Cc2ccnn2[C@H](C(=O)NC2CC(F)(F)C2)C1. The van der Waals surface area contributed by atoms with Crippen molar-refractivity contribution in [2.75, 3.05) is 6.54 Å². The Hall–Kier alpha value is -1.50. The maximum absolute atomic E-state index is 12.9. The summed E-state index contributed by atoms with van der Waals surface area (Å²) >= 11 is 0. The molecule has 1 N–H and O–H groups in total. The molecule has 0 spiro atoms. The first-order valence-electron chi connectivity index (χ1n) is 7.30. The molecule has 7 heteroatoms. The van der Waals surface area contributed by atoms with Crippen LogP contribution in [0, 0.1) is 0 Å². The predicted octanol–water partition coefficient (Wildman–Crippen LogP) is 1.56. The van der Waals surface area contributed by atoms with Gasteiger partial charge in [-0.2, -0.15) is 5.10 Å². The van der Waals surface area contributed by atoms with Gasteiger partial charge in [-0.1, -0.05) is 0 Å². The van der Waals surface area contributed by atoms with E-state index >= 15 is 0 Å². The molecule has 1 aliphatic carbocycles. The molecule has 1 aliphatic heterocycles. The third-order valence-electron chi connectivity index (χ3n) is 4.29. The van der Waals surface area contributed by atoms with Crippen LogP contribution in [-0.2, 0) is 11.3 Å². The maximum atomic E-state index is 12.9. The molecule has 0 bridgehead atoms. The summed E-state index contributed by atoms with van der Waals surface area (Å²) in [6.45, 7) is 5.46. The highest BCUT2D eigenvalue weighted by Crippen LogP contribution is 2.37. The highest BCUT2D eigenvalue weighted by atomic mass is 19.3. The van der Waals surface area contributed by atoms with Crippen molar-refractivity contribution in [3.8, 4) is 0 Å². The van der Waals surface area contributed by atoms with Gasteiger partial charge >= 0.3 is 0 Å². The summed E-state index contributed by atoms with van der Waals surface area (Å²) in [5, 5.41) is 6.94. The number of rotatable bonds is 3. The van der Waals surface area contributed by atoms with Gasteiger partial charge < -0.3 is 5.32 Å². The van der Waals surface area contributed by atoms with E-state index in [9.17, 15) is 13.6 Å². The lowest BCUT2D eigenvalue weighted by Gasteiger charge is -2.39. The number of carbonyl (C=O) groups excluding carboxylic acids is 1. The number of alkyl halides is 2. The van der Waals surface area contributed by atoms with Crippen LogP contribution in [0.25, 0.3) is 0 Å². The van der Waals surface area contributed by atoms with E-state index in [1.54, 1.807) is 10.9 Å². The average molecular weight is 298 g/mol.